The minimum atomic E-state index is -4.50. The molecule has 0 saturated heterocycles. The molecule has 0 aliphatic rings. The van der Waals surface area contributed by atoms with E-state index in [0.717, 1.165) is 12.5 Å². The molecule has 1 aromatic heterocycles. The van der Waals surface area contributed by atoms with Crippen LogP contribution in [0.25, 0.3) is 11.3 Å². The Kier molecular flexibility index (Phi) is 5.97. The normalized spacial score (nSPS) is 12.3. The van der Waals surface area contributed by atoms with Gasteiger partial charge in [-0.05, 0) is 30.7 Å². The molecular weight excluding hydrogens is 347 g/mol. The molecule has 138 valence electrons. The summed E-state index contributed by atoms with van der Waals surface area (Å²) < 4.78 is 37.7. The molecule has 1 heterocycles. The zero-order valence-electron chi connectivity index (χ0n) is 14.2. The summed E-state index contributed by atoms with van der Waals surface area (Å²) in [5, 5.41) is 4.58. The first kappa shape index (κ1) is 19.4. The van der Waals surface area contributed by atoms with Gasteiger partial charge in [0, 0.05) is 30.8 Å². The molecule has 2 amide bonds. The van der Waals surface area contributed by atoms with Crippen LogP contribution in [-0.2, 0) is 11.3 Å². The fraction of sp³-hybridized carbons (Fsp3) is 0.278. The molecule has 5 nitrogen and oxygen atoms in total. The Morgan fingerprint density at radius 2 is 1.92 bits per heavy atom. The highest BCUT2D eigenvalue weighted by atomic mass is 19.4. The van der Waals surface area contributed by atoms with E-state index in [1.807, 2.05) is 5.32 Å². The predicted molar refractivity (Wildman–Crippen MR) is 90.2 cm³/mol. The van der Waals surface area contributed by atoms with E-state index in [1.54, 1.807) is 30.5 Å². The van der Waals surface area contributed by atoms with Gasteiger partial charge in [0.15, 0.2) is 0 Å². The van der Waals surface area contributed by atoms with Gasteiger partial charge in [0.05, 0.1) is 5.69 Å². The third-order valence-corrected chi connectivity index (χ3v) is 3.63. The number of halogens is 3. The molecule has 1 unspecified atom stereocenters. The lowest BCUT2D eigenvalue weighted by molar-refractivity contribution is -0.149. The standard InChI is InChI=1S/C18H18F3N3O2/c1-11(18(19,20)21)24-17(26)15-5-3-4-14(8-15)16-7-6-13(10-23-16)9-22-12(2)25/h3-8,10-11H,9H2,1-2H3,(H,22,25)(H,24,26). The highest BCUT2D eigenvalue weighted by Gasteiger charge is 2.37. The van der Waals surface area contributed by atoms with E-state index in [-0.39, 0.29) is 11.5 Å². The second-order valence-corrected chi connectivity index (χ2v) is 5.78. The number of hydrogen-bond donors (Lipinski definition) is 2. The monoisotopic (exact) mass is 365 g/mol. The van der Waals surface area contributed by atoms with E-state index in [1.165, 1.54) is 19.1 Å². The van der Waals surface area contributed by atoms with Crippen LogP contribution in [-0.4, -0.2) is 29.0 Å². The van der Waals surface area contributed by atoms with Crippen molar-refractivity contribution in [3.63, 3.8) is 0 Å². The average molecular weight is 365 g/mol. The van der Waals surface area contributed by atoms with Crippen LogP contribution in [0.15, 0.2) is 42.6 Å². The molecule has 26 heavy (non-hydrogen) atoms. The summed E-state index contributed by atoms with van der Waals surface area (Å²) in [6.07, 6.45) is -2.91. The zero-order chi connectivity index (χ0) is 19.3. The first-order valence-electron chi connectivity index (χ1n) is 7.84. The molecule has 0 fully saturated rings. The molecular formula is C18H18F3N3O2. The number of alkyl halides is 3. The van der Waals surface area contributed by atoms with Crippen LogP contribution in [0, 0.1) is 0 Å². The summed E-state index contributed by atoms with van der Waals surface area (Å²) in [5.74, 6) is -0.958. The summed E-state index contributed by atoms with van der Waals surface area (Å²) in [6.45, 7) is 2.65. The molecule has 2 N–H and O–H groups in total. The number of hydrogen-bond acceptors (Lipinski definition) is 3. The Morgan fingerprint density at radius 3 is 2.50 bits per heavy atom. The molecule has 1 aromatic carbocycles. The summed E-state index contributed by atoms with van der Waals surface area (Å²) in [5.41, 5.74) is 2.08. The van der Waals surface area contributed by atoms with E-state index in [0.29, 0.717) is 17.8 Å². The van der Waals surface area contributed by atoms with Crippen LogP contribution in [0.2, 0.25) is 0 Å². The van der Waals surface area contributed by atoms with Gasteiger partial charge in [-0.25, -0.2) is 0 Å². The summed E-state index contributed by atoms with van der Waals surface area (Å²) >= 11 is 0. The number of nitrogens with one attached hydrogen (secondary N) is 2. The lowest BCUT2D eigenvalue weighted by atomic mass is 10.1. The highest BCUT2D eigenvalue weighted by molar-refractivity contribution is 5.95. The van der Waals surface area contributed by atoms with Crippen molar-refractivity contribution in [2.24, 2.45) is 0 Å². The van der Waals surface area contributed by atoms with Crippen molar-refractivity contribution in [3.05, 3.63) is 53.7 Å². The second-order valence-electron chi connectivity index (χ2n) is 5.78. The van der Waals surface area contributed by atoms with Crippen molar-refractivity contribution >= 4 is 11.8 Å². The van der Waals surface area contributed by atoms with Gasteiger partial charge in [0.25, 0.3) is 5.91 Å². The van der Waals surface area contributed by atoms with E-state index < -0.39 is 18.1 Å². The Balaban J connectivity index is 2.13. The Morgan fingerprint density at radius 1 is 1.19 bits per heavy atom. The highest BCUT2D eigenvalue weighted by Crippen LogP contribution is 2.21. The van der Waals surface area contributed by atoms with E-state index in [9.17, 15) is 22.8 Å². The van der Waals surface area contributed by atoms with E-state index >= 15 is 0 Å². The topological polar surface area (TPSA) is 71.1 Å². The molecule has 8 heteroatoms. The molecule has 0 aliphatic carbocycles. The Hall–Kier alpha value is -2.90. The number of carbonyl (C=O) groups is 2. The third kappa shape index (κ3) is 5.30. The minimum Gasteiger partial charge on any atom is -0.352 e. The largest absolute Gasteiger partial charge is 0.408 e. The second kappa shape index (κ2) is 7.99. The van der Waals surface area contributed by atoms with Crippen molar-refractivity contribution in [2.45, 2.75) is 32.6 Å². The third-order valence-electron chi connectivity index (χ3n) is 3.63. The van der Waals surface area contributed by atoms with Crippen LogP contribution in [0.5, 0.6) is 0 Å². The SMILES string of the molecule is CC(=O)NCc1ccc(-c2cccc(C(=O)NC(C)C(F)(F)F)c2)nc1. The van der Waals surface area contributed by atoms with Crippen molar-refractivity contribution in [3.8, 4) is 11.3 Å². The number of carbonyl (C=O) groups excluding carboxylic acids is 2. The van der Waals surface area contributed by atoms with Crippen molar-refractivity contribution < 1.29 is 22.8 Å². The molecule has 0 bridgehead atoms. The van der Waals surface area contributed by atoms with Gasteiger partial charge in [0.1, 0.15) is 6.04 Å². The summed E-state index contributed by atoms with van der Waals surface area (Å²) in [7, 11) is 0. The molecule has 0 aliphatic heterocycles. The van der Waals surface area contributed by atoms with Gasteiger partial charge < -0.3 is 10.6 Å². The zero-order valence-corrected chi connectivity index (χ0v) is 14.2. The van der Waals surface area contributed by atoms with Crippen LogP contribution in [0.3, 0.4) is 0 Å². The minimum absolute atomic E-state index is 0.114. The first-order valence-corrected chi connectivity index (χ1v) is 7.84. The molecule has 2 rings (SSSR count). The van der Waals surface area contributed by atoms with E-state index in [2.05, 4.69) is 10.3 Å². The number of nitrogens with zero attached hydrogens (tertiary/aromatic N) is 1. The van der Waals surface area contributed by atoms with E-state index in [4.69, 9.17) is 0 Å². The predicted octanol–water partition coefficient (Wildman–Crippen LogP) is 3.07. The fourth-order valence-electron chi connectivity index (χ4n) is 2.11. The Labute approximate surface area is 148 Å². The number of aromatic nitrogens is 1. The van der Waals surface area contributed by atoms with Gasteiger partial charge in [-0.1, -0.05) is 18.2 Å². The van der Waals surface area contributed by atoms with Crippen molar-refractivity contribution in [2.75, 3.05) is 0 Å². The smallest absolute Gasteiger partial charge is 0.352 e. The van der Waals surface area contributed by atoms with Crippen LogP contribution in [0.1, 0.15) is 29.8 Å². The van der Waals surface area contributed by atoms with Crippen molar-refractivity contribution in [1.82, 2.24) is 15.6 Å². The maximum absolute atomic E-state index is 12.6. The van der Waals surface area contributed by atoms with Crippen LogP contribution < -0.4 is 10.6 Å². The molecule has 0 saturated carbocycles. The van der Waals surface area contributed by atoms with Crippen LogP contribution in [0.4, 0.5) is 13.2 Å². The molecule has 2 aromatic rings. The molecule has 1 atom stereocenters. The number of pyridine rings is 1. The average Bonchev–Trinajstić information content (AvgIpc) is 2.59. The van der Waals surface area contributed by atoms with Gasteiger partial charge in [-0.3, -0.25) is 14.6 Å². The fourth-order valence-corrected chi connectivity index (χ4v) is 2.11. The van der Waals surface area contributed by atoms with Gasteiger partial charge in [-0.2, -0.15) is 13.2 Å². The summed E-state index contributed by atoms with van der Waals surface area (Å²) in [6, 6.07) is 7.75. The molecule has 0 radical (unpaired) electrons. The van der Waals surface area contributed by atoms with Gasteiger partial charge in [0.2, 0.25) is 5.91 Å². The number of benzene rings is 1. The lowest BCUT2D eigenvalue weighted by Gasteiger charge is -2.17. The summed E-state index contributed by atoms with van der Waals surface area (Å²) in [4.78, 5) is 27.2. The maximum atomic E-state index is 12.6. The van der Waals surface area contributed by atoms with Gasteiger partial charge in [-0.15, -0.1) is 0 Å². The lowest BCUT2D eigenvalue weighted by Crippen LogP contribution is -2.43. The molecule has 0 spiro atoms. The van der Waals surface area contributed by atoms with Crippen molar-refractivity contribution in [1.29, 1.82) is 0 Å². The first-order chi connectivity index (χ1) is 12.2. The van der Waals surface area contributed by atoms with Crippen LogP contribution >= 0.6 is 0 Å². The number of rotatable bonds is 5. The quantitative estimate of drug-likeness (QED) is 0.856. The Bertz CT molecular complexity index is 789. The van der Waals surface area contributed by atoms with Gasteiger partial charge >= 0.3 is 6.18 Å². The maximum Gasteiger partial charge on any atom is 0.408 e. The number of amides is 2.